The summed E-state index contributed by atoms with van der Waals surface area (Å²) in [7, 11) is 1.57. The van der Waals surface area contributed by atoms with Gasteiger partial charge in [0.1, 0.15) is 5.75 Å². The predicted octanol–water partition coefficient (Wildman–Crippen LogP) is 3.24. The smallest absolute Gasteiger partial charge is 0.277 e. The Kier molecular flexibility index (Phi) is 7.02. The van der Waals surface area contributed by atoms with E-state index in [-0.39, 0.29) is 12.5 Å². The lowest BCUT2D eigenvalue weighted by molar-refractivity contribution is -0.123. The number of carbonyl (C=O) groups is 1. The number of hydrogen-bond acceptors (Lipinski definition) is 5. The van der Waals surface area contributed by atoms with E-state index < -0.39 is 0 Å². The zero-order chi connectivity index (χ0) is 18.9. The first kappa shape index (κ1) is 19.3. The molecule has 0 spiro atoms. The van der Waals surface area contributed by atoms with Gasteiger partial charge in [-0.25, -0.2) is 5.43 Å². The molecule has 0 saturated heterocycles. The Hall–Kier alpha value is -3.02. The Labute approximate surface area is 153 Å². The number of nitrogens with zero attached hydrogens (tertiary/aromatic N) is 1. The number of amides is 1. The monoisotopic (exact) mass is 356 g/mol. The Balaban J connectivity index is 1.87. The second-order valence-electron chi connectivity index (χ2n) is 5.67. The Morgan fingerprint density at radius 2 is 1.88 bits per heavy atom. The van der Waals surface area contributed by atoms with E-state index in [2.05, 4.69) is 10.5 Å². The van der Waals surface area contributed by atoms with Crippen LogP contribution >= 0.6 is 0 Å². The van der Waals surface area contributed by atoms with Crippen LogP contribution in [0.5, 0.6) is 17.2 Å². The molecule has 0 bridgehead atoms. The normalized spacial score (nSPS) is 10.6. The van der Waals surface area contributed by atoms with Crippen molar-refractivity contribution in [1.82, 2.24) is 5.43 Å². The second kappa shape index (κ2) is 9.46. The van der Waals surface area contributed by atoms with Crippen molar-refractivity contribution in [3.8, 4) is 17.2 Å². The van der Waals surface area contributed by atoms with E-state index in [1.54, 1.807) is 19.2 Å². The number of benzene rings is 2. The van der Waals surface area contributed by atoms with Crippen LogP contribution in [0, 0.1) is 13.8 Å². The highest BCUT2D eigenvalue weighted by Gasteiger charge is 2.05. The maximum atomic E-state index is 11.8. The fourth-order valence-electron chi connectivity index (χ4n) is 2.20. The third kappa shape index (κ3) is 5.51. The van der Waals surface area contributed by atoms with Gasteiger partial charge in [0.2, 0.25) is 0 Å². The molecule has 2 rings (SSSR count). The Morgan fingerprint density at radius 3 is 2.58 bits per heavy atom. The van der Waals surface area contributed by atoms with Gasteiger partial charge in [-0.15, -0.1) is 0 Å². The zero-order valence-corrected chi connectivity index (χ0v) is 15.5. The van der Waals surface area contributed by atoms with Crippen molar-refractivity contribution in [2.75, 3.05) is 20.3 Å². The van der Waals surface area contributed by atoms with Gasteiger partial charge < -0.3 is 14.2 Å². The first-order valence-electron chi connectivity index (χ1n) is 8.36. The third-order valence-electron chi connectivity index (χ3n) is 3.74. The van der Waals surface area contributed by atoms with Crippen LogP contribution in [0.3, 0.4) is 0 Å². The molecule has 26 heavy (non-hydrogen) atoms. The molecule has 0 fully saturated rings. The van der Waals surface area contributed by atoms with Crippen molar-refractivity contribution < 1.29 is 19.0 Å². The number of hydrogen-bond donors (Lipinski definition) is 1. The average molecular weight is 356 g/mol. The van der Waals surface area contributed by atoms with Gasteiger partial charge in [-0.3, -0.25) is 4.79 Å². The summed E-state index contributed by atoms with van der Waals surface area (Å²) in [6.45, 7) is 6.38. The van der Waals surface area contributed by atoms with Gasteiger partial charge in [-0.05, 0) is 67.8 Å². The quantitative estimate of drug-likeness (QED) is 0.582. The summed E-state index contributed by atoms with van der Waals surface area (Å²) in [6.07, 6.45) is 1.53. The Bertz CT molecular complexity index is 787. The number of rotatable bonds is 8. The molecular formula is C20H24N2O4. The van der Waals surface area contributed by atoms with Gasteiger partial charge >= 0.3 is 0 Å². The van der Waals surface area contributed by atoms with Crippen LogP contribution in [0.25, 0.3) is 0 Å². The maximum absolute atomic E-state index is 11.8. The fourth-order valence-corrected chi connectivity index (χ4v) is 2.20. The molecule has 6 nitrogen and oxygen atoms in total. The van der Waals surface area contributed by atoms with Crippen LogP contribution in [0.1, 0.15) is 23.6 Å². The number of carbonyl (C=O) groups excluding carboxylic acids is 1. The maximum Gasteiger partial charge on any atom is 0.277 e. The lowest BCUT2D eigenvalue weighted by Crippen LogP contribution is -2.24. The molecule has 138 valence electrons. The molecule has 0 saturated carbocycles. The largest absolute Gasteiger partial charge is 0.493 e. The summed E-state index contributed by atoms with van der Waals surface area (Å²) in [5, 5.41) is 3.94. The molecule has 1 amide bonds. The highest BCUT2D eigenvalue weighted by molar-refractivity contribution is 5.83. The van der Waals surface area contributed by atoms with E-state index in [1.807, 2.05) is 45.0 Å². The van der Waals surface area contributed by atoms with Crippen molar-refractivity contribution in [1.29, 1.82) is 0 Å². The van der Waals surface area contributed by atoms with Crippen molar-refractivity contribution in [2.45, 2.75) is 20.8 Å². The average Bonchev–Trinajstić information content (AvgIpc) is 2.64. The van der Waals surface area contributed by atoms with Gasteiger partial charge in [0, 0.05) is 0 Å². The van der Waals surface area contributed by atoms with E-state index in [9.17, 15) is 4.79 Å². The summed E-state index contributed by atoms with van der Waals surface area (Å²) < 4.78 is 16.2. The van der Waals surface area contributed by atoms with Crippen molar-refractivity contribution in [3.63, 3.8) is 0 Å². The minimum absolute atomic E-state index is 0.105. The minimum Gasteiger partial charge on any atom is -0.493 e. The number of hydrazone groups is 1. The van der Waals surface area contributed by atoms with Crippen LogP contribution in [-0.2, 0) is 4.79 Å². The summed E-state index contributed by atoms with van der Waals surface area (Å²) in [4.78, 5) is 11.8. The molecule has 0 aliphatic carbocycles. The van der Waals surface area contributed by atoms with Crippen molar-refractivity contribution >= 4 is 12.1 Å². The zero-order valence-electron chi connectivity index (χ0n) is 15.5. The van der Waals surface area contributed by atoms with Gasteiger partial charge in [-0.2, -0.15) is 5.10 Å². The summed E-state index contributed by atoms with van der Waals surface area (Å²) >= 11 is 0. The highest BCUT2D eigenvalue weighted by atomic mass is 16.5. The Morgan fingerprint density at radius 1 is 1.08 bits per heavy atom. The summed E-state index contributed by atoms with van der Waals surface area (Å²) in [6, 6.07) is 11.1. The number of ether oxygens (including phenoxy) is 3. The minimum atomic E-state index is -0.336. The summed E-state index contributed by atoms with van der Waals surface area (Å²) in [5.41, 5.74) is 5.51. The molecule has 0 aliphatic heterocycles. The molecule has 0 unspecified atom stereocenters. The van der Waals surface area contributed by atoms with E-state index in [0.717, 1.165) is 11.1 Å². The summed E-state index contributed by atoms with van der Waals surface area (Å²) in [5.74, 6) is 1.60. The van der Waals surface area contributed by atoms with E-state index in [1.165, 1.54) is 11.8 Å². The number of nitrogens with one attached hydrogen (secondary N) is 1. The van der Waals surface area contributed by atoms with Gasteiger partial charge in [0.25, 0.3) is 5.91 Å². The highest BCUT2D eigenvalue weighted by Crippen LogP contribution is 2.27. The molecule has 0 aromatic heterocycles. The van der Waals surface area contributed by atoms with Gasteiger partial charge in [0.15, 0.2) is 18.1 Å². The molecule has 0 radical (unpaired) electrons. The molecule has 0 heterocycles. The lowest BCUT2D eigenvalue weighted by atomic mass is 10.1. The van der Waals surface area contributed by atoms with Crippen molar-refractivity contribution in [2.24, 2.45) is 5.10 Å². The molecule has 6 heteroatoms. The van der Waals surface area contributed by atoms with E-state index in [4.69, 9.17) is 14.2 Å². The van der Waals surface area contributed by atoms with Crippen LogP contribution in [-0.4, -0.2) is 32.4 Å². The van der Waals surface area contributed by atoms with Crippen LogP contribution in [0.15, 0.2) is 41.5 Å². The molecule has 2 aromatic rings. The SMILES string of the molecule is CCOc1ccc(/C=N\NC(=O)COc2ccc(C)c(C)c2)cc1OC. The van der Waals surface area contributed by atoms with E-state index in [0.29, 0.717) is 23.9 Å². The molecule has 1 N–H and O–H groups in total. The van der Waals surface area contributed by atoms with Gasteiger partial charge in [0.05, 0.1) is 19.9 Å². The predicted molar refractivity (Wildman–Crippen MR) is 101 cm³/mol. The van der Waals surface area contributed by atoms with Crippen LogP contribution < -0.4 is 19.6 Å². The first-order valence-corrected chi connectivity index (χ1v) is 8.36. The first-order chi connectivity index (χ1) is 12.5. The number of aryl methyl sites for hydroxylation is 2. The molecule has 0 aliphatic rings. The van der Waals surface area contributed by atoms with Crippen LogP contribution in [0.2, 0.25) is 0 Å². The molecular weight excluding hydrogens is 332 g/mol. The number of methoxy groups -OCH3 is 1. The van der Waals surface area contributed by atoms with E-state index >= 15 is 0 Å². The lowest BCUT2D eigenvalue weighted by Gasteiger charge is -2.09. The van der Waals surface area contributed by atoms with Gasteiger partial charge in [-0.1, -0.05) is 6.07 Å². The standard InChI is InChI=1S/C20H24N2O4/c1-5-25-18-9-7-16(11-19(18)24-4)12-21-22-20(23)13-26-17-8-6-14(2)15(3)10-17/h6-12H,5,13H2,1-4H3,(H,22,23)/b21-12-. The fraction of sp³-hybridized carbons (Fsp3) is 0.300. The van der Waals surface area contributed by atoms with Crippen LogP contribution in [0.4, 0.5) is 0 Å². The third-order valence-corrected chi connectivity index (χ3v) is 3.74. The second-order valence-corrected chi connectivity index (χ2v) is 5.67. The topological polar surface area (TPSA) is 69.2 Å². The van der Waals surface area contributed by atoms with Crippen molar-refractivity contribution in [3.05, 3.63) is 53.1 Å². The molecule has 0 atom stereocenters. The molecule has 2 aromatic carbocycles.